The first kappa shape index (κ1) is 15.1. The van der Waals surface area contributed by atoms with Crippen LogP contribution in [0.25, 0.3) is 0 Å². The third kappa shape index (κ3) is 5.03. The third-order valence-electron chi connectivity index (χ3n) is 2.09. The zero-order chi connectivity index (χ0) is 14.3. The fraction of sp³-hybridized carbons (Fsp3) is 0.308. The zero-order valence-electron chi connectivity index (χ0n) is 10.2. The molecule has 0 atom stereocenters. The molecule has 0 amide bonds. The van der Waals surface area contributed by atoms with E-state index in [-0.39, 0.29) is 13.2 Å². The summed E-state index contributed by atoms with van der Waals surface area (Å²) in [6.45, 7) is 1.24. The molecule has 0 aromatic heterocycles. The van der Waals surface area contributed by atoms with Crippen LogP contribution in [0.5, 0.6) is 0 Å². The topological polar surface area (TPSA) is 35.5 Å². The highest BCUT2D eigenvalue weighted by Gasteiger charge is 2.40. The van der Waals surface area contributed by atoms with E-state index >= 15 is 0 Å². The molecule has 0 N–H and O–H groups in total. The first-order valence-electron chi connectivity index (χ1n) is 5.55. The molecule has 0 radical (unpaired) electrons. The molecule has 0 spiro atoms. The van der Waals surface area contributed by atoms with Gasteiger partial charge < -0.3 is 9.47 Å². The highest BCUT2D eigenvalue weighted by Crippen LogP contribution is 2.26. The SMILES string of the molecule is CCOC(=O)/C(=C\OCc1ccccc1)C(F)(F)F. The Morgan fingerprint density at radius 1 is 1.26 bits per heavy atom. The van der Waals surface area contributed by atoms with Crippen LogP contribution in [0.1, 0.15) is 12.5 Å². The van der Waals surface area contributed by atoms with E-state index in [1.807, 2.05) is 0 Å². The summed E-state index contributed by atoms with van der Waals surface area (Å²) in [5.41, 5.74) is -0.755. The predicted molar refractivity (Wildman–Crippen MR) is 62.0 cm³/mol. The molecule has 0 unspecified atom stereocenters. The molecule has 0 heterocycles. The van der Waals surface area contributed by atoms with E-state index in [2.05, 4.69) is 4.74 Å². The Labute approximate surface area is 108 Å². The third-order valence-corrected chi connectivity index (χ3v) is 2.09. The van der Waals surface area contributed by atoms with Crippen LogP contribution in [-0.4, -0.2) is 18.8 Å². The second kappa shape index (κ2) is 6.82. The molecule has 104 valence electrons. The van der Waals surface area contributed by atoms with E-state index in [4.69, 9.17) is 4.74 Å². The Balaban J connectivity index is 2.70. The molecule has 1 aromatic rings. The lowest BCUT2D eigenvalue weighted by molar-refractivity contribution is -0.151. The van der Waals surface area contributed by atoms with Crippen molar-refractivity contribution in [2.24, 2.45) is 0 Å². The van der Waals surface area contributed by atoms with Gasteiger partial charge in [0.2, 0.25) is 0 Å². The van der Waals surface area contributed by atoms with Gasteiger partial charge in [0.25, 0.3) is 0 Å². The zero-order valence-corrected chi connectivity index (χ0v) is 10.2. The molecular weight excluding hydrogens is 261 g/mol. The van der Waals surface area contributed by atoms with Crippen molar-refractivity contribution in [3.63, 3.8) is 0 Å². The molecule has 1 rings (SSSR count). The van der Waals surface area contributed by atoms with Crippen LogP contribution in [0.2, 0.25) is 0 Å². The smallest absolute Gasteiger partial charge is 0.426 e. The van der Waals surface area contributed by atoms with E-state index in [0.29, 0.717) is 11.8 Å². The second-order valence-electron chi connectivity index (χ2n) is 3.55. The number of hydrogen-bond acceptors (Lipinski definition) is 3. The van der Waals surface area contributed by atoms with Gasteiger partial charge in [-0.2, -0.15) is 13.2 Å². The summed E-state index contributed by atoms with van der Waals surface area (Å²) >= 11 is 0. The molecule has 0 bridgehead atoms. The summed E-state index contributed by atoms with van der Waals surface area (Å²) in [7, 11) is 0. The summed E-state index contributed by atoms with van der Waals surface area (Å²) in [5.74, 6) is -1.44. The molecule has 0 aliphatic carbocycles. The number of carbonyl (C=O) groups is 1. The van der Waals surface area contributed by atoms with Gasteiger partial charge in [-0.25, -0.2) is 4.79 Å². The molecule has 0 fully saturated rings. The van der Waals surface area contributed by atoms with E-state index < -0.39 is 17.7 Å². The molecular formula is C13H13F3O3. The van der Waals surface area contributed by atoms with Crippen LogP contribution >= 0.6 is 0 Å². The van der Waals surface area contributed by atoms with Crippen LogP contribution < -0.4 is 0 Å². The van der Waals surface area contributed by atoms with Crippen LogP contribution in [0, 0.1) is 0 Å². The van der Waals surface area contributed by atoms with Gasteiger partial charge in [-0.1, -0.05) is 30.3 Å². The van der Waals surface area contributed by atoms with Crippen LogP contribution in [0.15, 0.2) is 42.2 Å². The van der Waals surface area contributed by atoms with Gasteiger partial charge in [0, 0.05) is 0 Å². The van der Waals surface area contributed by atoms with Gasteiger partial charge in [-0.05, 0) is 12.5 Å². The number of ether oxygens (including phenoxy) is 2. The summed E-state index contributed by atoms with van der Waals surface area (Å²) in [5, 5.41) is 0. The van der Waals surface area contributed by atoms with Crippen molar-refractivity contribution in [1.82, 2.24) is 0 Å². The van der Waals surface area contributed by atoms with Crippen molar-refractivity contribution in [3.05, 3.63) is 47.7 Å². The van der Waals surface area contributed by atoms with E-state index in [1.54, 1.807) is 30.3 Å². The van der Waals surface area contributed by atoms with Gasteiger partial charge in [-0.15, -0.1) is 0 Å². The number of esters is 1. The van der Waals surface area contributed by atoms with Gasteiger partial charge in [0.1, 0.15) is 12.9 Å². The fourth-order valence-electron chi connectivity index (χ4n) is 1.23. The fourth-order valence-corrected chi connectivity index (χ4v) is 1.23. The van der Waals surface area contributed by atoms with Crippen molar-refractivity contribution in [2.45, 2.75) is 19.7 Å². The Morgan fingerprint density at radius 3 is 2.42 bits per heavy atom. The minimum absolute atomic E-state index is 0.0557. The predicted octanol–water partition coefficient (Wildman–Crippen LogP) is 3.21. The van der Waals surface area contributed by atoms with E-state index in [0.717, 1.165) is 0 Å². The number of alkyl halides is 3. The molecule has 0 aliphatic rings. The van der Waals surface area contributed by atoms with Crippen LogP contribution in [-0.2, 0) is 20.9 Å². The summed E-state index contributed by atoms with van der Waals surface area (Å²) in [4.78, 5) is 11.1. The van der Waals surface area contributed by atoms with Crippen LogP contribution in [0.4, 0.5) is 13.2 Å². The summed E-state index contributed by atoms with van der Waals surface area (Å²) < 4.78 is 46.8. The van der Waals surface area contributed by atoms with Gasteiger partial charge in [0.05, 0.1) is 6.61 Å². The first-order valence-corrected chi connectivity index (χ1v) is 5.55. The number of benzene rings is 1. The maximum atomic E-state index is 12.6. The standard InChI is InChI=1S/C13H13F3O3/c1-2-19-12(17)11(13(14,15)16)9-18-8-10-6-4-3-5-7-10/h3-7,9H,2,8H2,1H3/b11-9+. The van der Waals surface area contributed by atoms with E-state index in [9.17, 15) is 18.0 Å². The van der Waals surface area contributed by atoms with Crippen molar-refractivity contribution in [2.75, 3.05) is 6.61 Å². The number of hydrogen-bond donors (Lipinski definition) is 0. The second-order valence-corrected chi connectivity index (χ2v) is 3.55. The average molecular weight is 274 g/mol. The largest absolute Gasteiger partial charge is 0.496 e. The first-order chi connectivity index (χ1) is 8.95. The minimum Gasteiger partial charge on any atom is -0.496 e. The maximum absolute atomic E-state index is 12.6. The maximum Gasteiger partial charge on any atom is 0.426 e. The monoisotopic (exact) mass is 274 g/mol. The van der Waals surface area contributed by atoms with Crippen LogP contribution in [0.3, 0.4) is 0 Å². The lowest BCUT2D eigenvalue weighted by Crippen LogP contribution is -2.22. The Morgan fingerprint density at radius 2 is 1.89 bits per heavy atom. The number of halogens is 3. The van der Waals surface area contributed by atoms with Gasteiger partial charge >= 0.3 is 12.1 Å². The van der Waals surface area contributed by atoms with Crippen molar-refractivity contribution < 1.29 is 27.4 Å². The van der Waals surface area contributed by atoms with Crippen molar-refractivity contribution >= 4 is 5.97 Å². The van der Waals surface area contributed by atoms with Crippen molar-refractivity contribution in [1.29, 1.82) is 0 Å². The van der Waals surface area contributed by atoms with Crippen molar-refractivity contribution in [3.8, 4) is 0 Å². The summed E-state index contributed by atoms with van der Waals surface area (Å²) in [6, 6.07) is 8.65. The Hall–Kier alpha value is -1.98. The highest BCUT2D eigenvalue weighted by atomic mass is 19.4. The summed E-state index contributed by atoms with van der Waals surface area (Å²) in [6.07, 6.45) is -4.41. The van der Waals surface area contributed by atoms with Gasteiger partial charge in [0.15, 0.2) is 5.57 Å². The molecule has 0 saturated carbocycles. The Bertz CT molecular complexity index is 438. The minimum atomic E-state index is -4.80. The normalized spacial score (nSPS) is 12.1. The van der Waals surface area contributed by atoms with E-state index in [1.165, 1.54) is 6.92 Å². The highest BCUT2D eigenvalue weighted by molar-refractivity contribution is 5.89. The molecule has 1 aromatic carbocycles. The molecule has 6 heteroatoms. The lowest BCUT2D eigenvalue weighted by Gasteiger charge is -2.10. The molecule has 0 aliphatic heterocycles. The average Bonchev–Trinajstić information content (AvgIpc) is 2.34. The number of rotatable bonds is 5. The number of carbonyl (C=O) groups excluding carboxylic acids is 1. The molecule has 19 heavy (non-hydrogen) atoms. The lowest BCUT2D eigenvalue weighted by atomic mass is 10.2. The van der Waals surface area contributed by atoms with Gasteiger partial charge in [-0.3, -0.25) is 0 Å². The quantitative estimate of drug-likeness (QED) is 0.470. The Kier molecular flexibility index (Phi) is 5.41. The molecule has 3 nitrogen and oxygen atoms in total. The molecule has 0 saturated heterocycles.